The summed E-state index contributed by atoms with van der Waals surface area (Å²) in [5, 5.41) is 0. The molecule has 26 heavy (non-hydrogen) atoms. The summed E-state index contributed by atoms with van der Waals surface area (Å²) in [5.41, 5.74) is 4.80. The van der Waals surface area contributed by atoms with Crippen LogP contribution in [0.15, 0.2) is 36.4 Å². The SMILES string of the molecule is Nc1ccc(-c2ccc(N)c3c2C(F)(F)C(F)(F)C(F)(F)C3(F)F)cc1. The third kappa shape index (κ3) is 1.98. The van der Waals surface area contributed by atoms with Crippen molar-refractivity contribution in [3.63, 3.8) is 0 Å². The Balaban J connectivity index is 2.46. The number of alkyl halides is 8. The van der Waals surface area contributed by atoms with Crippen LogP contribution in [-0.4, -0.2) is 11.8 Å². The zero-order valence-electron chi connectivity index (χ0n) is 12.6. The third-order valence-electron chi connectivity index (χ3n) is 4.27. The highest BCUT2D eigenvalue weighted by Gasteiger charge is 2.85. The minimum atomic E-state index is -6.34. The number of fused-ring (bicyclic) bond motifs is 1. The van der Waals surface area contributed by atoms with Crippen LogP contribution < -0.4 is 11.5 Å². The van der Waals surface area contributed by atoms with Crippen LogP contribution in [0.4, 0.5) is 46.5 Å². The van der Waals surface area contributed by atoms with E-state index in [0.29, 0.717) is 6.07 Å². The average molecular weight is 382 g/mol. The molecule has 0 amide bonds. The van der Waals surface area contributed by atoms with Crippen LogP contribution in [-0.2, 0) is 11.8 Å². The van der Waals surface area contributed by atoms with Gasteiger partial charge in [0.05, 0.1) is 5.56 Å². The highest BCUT2D eigenvalue weighted by atomic mass is 19.4. The van der Waals surface area contributed by atoms with Gasteiger partial charge in [0, 0.05) is 16.9 Å². The summed E-state index contributed by atoms with van der Waals surface area (Å²) >= 11 is 0. The Morgan fingerprint density at radius 1 is 0.577 bits per heavy atom. The molecule has 0 atom stereocenters. The van der Waals surface area contributed by atoms with Crippen molar-refractivity contribution in [3.05, 3.63) is 47.5 Å². The standard InChI is InChI=1S/C16H10F8N2/c17-13(18)11-9(7-1-3-8(25)4-2-7)5-6-10(26)12(11)14(19,20)16(23,24)15(13,21)22/h1-6H,25-26H2. The van der Waals surface area contributed by atoms with Crippen molar-refractivity contribution in [2.45, 2.75) is 23.7 Å². The van der Waals surface area contributed by atoms with E-state index in [1.807, 2.05) is 0 Å². The van der Waals surface area contributed by atoms with E-state index in [1.54, 1.807) is 0 Å². The van der Waals surface area contributed by atoms with Gasteiger partial charge in [0.15, 0.2) is 0 Å². The predicted molar refractivity (Wildman–Crippen MR) is 78.4 cm³/mol. The lowest BCUT2D eigenvalue weighted by atomic mass is 9.76. The molecule has 3 rings (SSSR count). The third-order valence-corrected chi connectivity index (χ3v) is 4.27. The molecule has 2 aromatic rings. The van der Waals surface area contributed by atoms with E-state index in [4.69, 9.17) is 11.5 Å². The maximum absolute atomic E-state index is 14.4. The maximum Gasteiger partial charge on any atom is 0.383 e. The predicted octanol–water partition coefficient (Wildman–Crippen LogP) is 4.99. The lowest BCUT2D eigenvalue weighted by Crippen LogP contribution is -2.64. The van der Waals surface area contributed by atoms with Gasteiger partial charge in [-0.15, -0.1) is 0 Å². The van der Waals surface area contributed by atoms with Crippen molar-refractivity contribution in [1.29, 1.82) is 0 Å². The van der Waals surface area contributed by atoms with Gasteiger partial charge >= 0.3 is 23.7 Å². The Bertz CT molecular complexity index is 875. The average Bonchev–Trinajstić information content (AvgIpc) is 2.53. The van der Waals surface area contributed by atoms with E-state index in [1.165, 1.54) is 12.1 Å². The molecule has 0 radical (unpaired) electrons. The van der Waals surface area contributed by atoms with Crippen molar-refractivity contribution in [3.8, 4) is 11.1 Å². The second-order valence-corrected chi connectivity index (χ2v) is 5.87. The molecule has 0 aliphatic heterocycles. The largest absolute Gasteiger partial charge is 0.399 e. The summed E-state index contributed by atoms with van der Waals surface area (Å²) in [6.07, 6.45) is 0. The van der Waals surface area contributed by atoms with Crippen molar-refractivity contribution in [2.75, 3.05) is 11.5 Å². The lowest BCUT2D eigenvalue weighted by Gasteiger charge is -2.44. The molecule has 2 aromatic carbocycles. The minimum absolute atomic E-state index is 0.187. The monoisotopic (exact) mass is 382 g/mol. The zero-order valence-corrected chi connectivity index (χ0v) is 12.6. The highest BCUT2D eigenvalue weighted by molar-refractivity contribution is 5.76. The molecule has 0 heterocycles. The van der Waals surface area contributed by atoms with E-state index >= 15 is 0 Å². The topological polar surface area (TPSA) is 52.0 Å². The van der Waals surface area contributed by atoms with Gasteiger partial charge < -0.3 is 11.5 Å². The van der Waals surface area contributed by atoms with E-state index < -0.39 is 46.1 Å². The van der Waals surface area contributed by atoms with Gasteiger partial charge in [0.25, 0.3) is 0 Å². The van der Waals surface area contributed by atoms with E-state index in [2.05, 4.69) is 0 Å². The van der Waals surface area contributed by atoms with Crippen molar-refractivity contribution in [2.24, 2.45) is 0 Å². The molecule has 140 valence electrons. The molecule has 4 N–H and O–H groups in total. The quantitative estimate of drug-likeness (QED) is 0.540. The van der Waals surface area contributed by atoms with Crippen LogP contribution in [0.25, 0.3) is 11.1 Å². The second-order valence-electron chi connectivity index (χ2n) is 5.87. The van der Waals surface area contributed by atoms with Gasteiger partial charge in [-0.25, -0.2) is 0 Å². The number of anilines is 2. The number of hydrogen-bond donors (Lipinski definition) is 2. The summed E-state index contributed by atoms with van der Waals surface area (Å²) in [6.45, 7) is 0. The fraction of sp³-hybridized carbons (Fsp3) is 0.250. The van der Waals surface area contributed by atoms with E-state index in [0.717, 1.165) is 18.2 Å². The first kappa shape index (κ1) is 18.3. The Labute approximate surface area is 141 Å². The van der Waals surface area contributed by atoms with E-state index in [-0.39, 0.29) is 11.3 Å². The molecular formula is C16H10F8N2. The summed E-state index contributed by atoms with van der Waals surface area (Å²) in [7, 11) is 0. The number of benzene rings is 2. The van der Waals surface area contributed by atoms with Gasteiger partial charge in [0.2, 0.25) is 0 Å². The summed E-state index contributed by atoms with van der Waals surface area (Å²) in [6, 6.07) is 6.13. The number of rotatable bonds is 1. The molecule has 0 fully saturated rings. The second kappa shape index (κ2) is 5.01. The van der Waals surface area contributed by atoms with Crippen molar-refractivity contribution < 1.29 is 35.1 Å². The Hall–Kier alpha value is -2.52. The Morgan fingerprint density at radius 3 is 1.54 bits per heavy atom. The molecule has 0 bridgehead atoms. The molecule has 2 nitrogen and oxygen atoms in total. The summed E-state index contributed by atoms with van der Waals surface area (Å²) in [4.78, 5) is 0. The van der Waals surface area contributed by atoms with Crippen LogP contribution in [0.5, 0.6) is 0 Å². The fourth-order valence-electron chi connectivity index (χ4n) is 2.89. The summed E-state index contributed by atoms with van der Waals surface area (Å²) < 4.78 is 112. The highest BCUT2D eigenvalue weighted by Crippen LogP contribution is 2.66. The molecular weight excluding hydrogens is 372 g/mol. The number of hydrogen-bond acceptors (Lipinski definition) is 2. The smallest absolute Gasteiger partial charge is 0.383 e. The molecule has 0 saturated heterocycles. The zero-order chi connectivity index (χ0) is 19.7. The van der Waals surface area contributed by atoms with Gasteiger partial charge in [-0.05, 0) is 29.3 Å². The fourth-order valence-corrected chi connectivity index (χ4v) is 2.89. The van der Waals surface area contributed by atoms with Crippen molar-refractivity contribution in [1.82, 2.24) is 0 Å². The molecule has 1 aliphatic rings. The van der Waals surface area contributed by atoms with Crippen molar-refractivity contribution >= 4 is 11.4 Å². The van der Waals surface area contributed by atoms with Gasteiger partial charge in [0.1, 0.15) is 0 Å². The first-order valence-corrected chi connectivity index (χ1v) is 7.07. The molecule has 0 saturated carbocycles. The van der Waals surface area contributed by atoms with Crippen LogP contribution in [0.2, 0.25) is 0 Å². The number of halogens is 8. The molecule has 0 spiro atoms. The van der Waals surface area contributed by atoms with Gasteiger partial charge in [-0.1, -0.05) is 18.2 Å². The van der Waals surface area contributed by atoms with Gasteiger partial charge in [-0.2, -0.15) is 35.1 Å². The molecule has 0 aromatic heterocycles. The van der Waals surface area contributed by atoms with E-state index in [9.17, 15) is 35.1 Å². The van der Waals surface area contributed by atoms with Gasteiger partial charge in [-0.3, -0.25) is 0 Å². The lowest BCUT2D eigenvalue weighted by molar-refractivity contribution is -0.386. The first-order chi connectivity index (χ1) is 11.8. The normalized spacial score (nSPS) is 21.8. The minimum Gasteiger partial charge on any atom is -0.399 e. The molecule has 1 aliphatic carbocycles. The Morgan fingerprint density at radius 2 is 1.04 bits per heavy atom. The number of nitrogens with two attached hydrogens (primary N) is 2. The summed E-state index contributed by atoms with van der Waals surface area (Å²) in [5.74, 6) is -23.9. The first-order valence-electron chi connectivity index (χ1n) is 7.07. The molecule has 0 unspecified atom stereocenters. The number of nitrogen functional groups attached to an aromatic ring is 2. The van der Waals surface area contributed by atoms with Crippen LogP contribution in [0, 0.1) is 0 Å². The Kier molecular flexibility index (Phi) is 3.52. The van der Waals surface area contributed by atoms with Crippen LogP contribution >= 0.6 is 0 Å². The molecule has 10 heteroatoms. The van der Waals surface area contributed by atoms with Crippen LogP contribution in [0.1, 0.15) is 11.1 Å². The van der Waals surface area contributed by atoms with Crippen LogP contribution in [0.3, 0.4) is 0 Å². The maximum atomic E-state index is 14.4.